The number of hydrogen-bond donors (Lipinski definition) is 4. The average molecular weight is 328 g/mol. The van der Waals surface area contributed by atoms with Crippen molar-refractivity contribution in [2.45, 2.75) is 6.42 Å². The Labute approximate surface area is 143 Å². The number of carbonyl (C=O) groups excluding carboxylic acids is 1. The minimum atomic E-state index is 0.0997. The molecule has 0 saturated carbocycles. The van der Waals surface area contributed by atoms with E-state index in [-0.39, 0.29) is 5.78 Å². The summed E-state index contributed by atoms with van der Waals surface area (Å²) in [6.07, 6.45) is 8.34. The highest BCUT2D eigenvalue weighted by Gasteiger charge is 2.21. The van der Waals surface area contributed by atoms with E-state index in [4.69, 9.17) is 0 Å². The van der Waals surface area contributed by atoms with E-state index in [1.54, 1.807) is 0 Å². The number of fused-ring (bicyclic) bond motifs is 8. The third-order valence-corrected chi connectivity index (χ3v) is 4.39. The van der Waals surface area contributed by atoms with Crippen LogP contribution in [0.1, 0.15) is 29.2 Å². The molecule has 3 aromatic rings. The van der Waals surface area contributed by atoms with Crippen LogP contribution in [0, 0.1) is 0 Å². The van der Waals surface area contributed by atoms with Crippen LogP contribution in [0.25, 0.3) is 24.3 Å². The van der Waals surface area contributed by atoms with Gasteiger partial charge in [-0.1, -0.05) is 0 Å². The highest BCUT2D eigenvalue weighted by Crippen LogP contribution is 2.20. The normalized spacial score (nSPS) is 15.8. The second-order valence-corrected chi connectivity index (χ2v) is 6.35. The molecular weight excluding hydrogens is 312 g/mol. The Morgan fingerprint density at radius 2 is 1.20 bits per heavy atom. The summed E-state index contributed by atoms with van der Waals surface area (Å²) < 4.78 is 0. The fourth-order valence-corrected chi connectivity index (χ4v) is 3.23. The lowest BCUT2D eigenvalue weighted by atomic mass is 10.2. The molecule has 8 bridgehead atoms. The van der Waals surface area contributed by atoms with Gasteiger partial charge in [-0.15, -0.1) is 0 Å². The monoisotopic (exact) mass is 328 g/mol. The molecular formula is C20H16N4O. The number of allylic oxidation sites excluding steroid dienone is 2. The van der Waals surface area contributed by atoms with Crippen molar-refractivity contribution in [3.8, 4) is 0 Å². The number of aromatic nitrogens is 3. The Hall–Kier alpha value is -3.47. The number of H-pyrrole nitrogens is 3. The number of Topliss-reactive ketones (excluding diaryl/α,β-unsaturated/α-hetero) is 1. The van der Waals surface area contributed by atoms with Gasteiger partial charge in [0.25, 0.3) is 0 Å². The molecule has 0 atom stereocenters. The molecule has 3 aromatic heterocycles. The molecule has 1 saturated heterocycles. The molecule has 25 heavy (non-hydrogen) atoms. The Morgan fingerprint density at radius 1 is 0.640 bits per heavy atom. The zero-order chi connectivity index (χ0) is 16.8. The molecule has 0 spiro atoms. The fourth-order valence-electron chi connectivity index (χ4n) is 3.23. The van der Waals surface area contributed by atoms with Gasteiger partial charge in [-0.05, 0) is 60.7 Å². The van der Waals surface area contributed by atoms with Crippen LogP contribution >= 0.6 is 0 Å². The number of aromatic amines is 3. The molecule has 0 radical (unpaired) electrons. The maximum Gasteiger partial charge on any atom is 0.184 e. The third-order valence-electron chi connectivity index (χ3n) is 4.39. The minimum absolute atomic E-state index is 0.0997. The van der Waals surface area contributed by atoms with Gasteiger partial charge in [0.05, 0.1) is 12.1 Å². The van der Waals surface area contributed by atoms with Crippen LogP contribution in [0.15, 0.2) is 47.8 Å². The van der Waals surface area contributed by atoms with E-state index in [0.717, 1.165) is 39.2 Å². The predicted octanol–water partition coefficient (Wildman–Crippen LogP) is 1.59. The van der Waals surface area contributed by atoms with Crippen molar-refractivity contribution >= 4 is 30.1 Å². The summed E-state index contributed by atoms with van der Waals surface area (Å²) in [5.41, 5.74) is 5.38. The predicted molar refractivity (Wildman–Crippen MR) is 97.5 cm³/mol. The van der Waals surface area contributed by atoms with Crippen LogP contribution in [-0.4, -0.2) is 20.7 Å². The molecule has 122 valence electrons. The number of nitrogens with one attached hydrogen (secondary N) is 4. The molecule has 5 heteroatoms. The molecule has 0 unspecified atom stereocenters. The standard InChI is InChI=1S/C20H16N4O/c25-20-11-18-9-16-4-3-14(22-16)7-12-1-2-13(21-12)8-15-5-6-17(23-15)10-19(20)24-18/h1-10,21-24H,11H2. The summed E-state index contributed by atoms with van der Waals surface area (Å²) in [5.74, 6) is 0.0997. The molecule has 2 aliphatic heterocycles. The van der Waals surface area contributed by atoms with Crippen LogP contribution in [-0.2, 0) is 4.79 Å². The highest BCUT2D eigenvalue weighted by molar-refractivity contribution is 6.03. The van der Waals surface area contributed by atoms with Gasteiger partial charge in [-0.3, -0.25) is 4.79 Å². The van der Waals surface area contributed by atoms with Gasteiger partial charge in [0.1, 0.15) is 0 Å². The van der Waals surface area contributed by atoms with E-state index in [9.17, 15) is 4.79 Å². The first kappa shape index (κ1) is 13.9. The van der Waals surface area contributed by atoms with E-state index in [1.807, 2.05) is 48.6 Å². The van der Waals surface area contributed by atoms with Crippen molar-refractivity contribution in [3.05, 3.63) is 81.3 Å². The molecule has 0 amide bonds. The molecule has 4 N–H and O–H groups in total. The van der Waals surface area contributed by atoms with E-state index in [0.29, 0.717) is 12.1 Å². The van der Waals surface area contributed by atoms with Crippen LogP contribution in [0.3, 0.4) is 0 Å². The molecule has 5 heterocycles. The summed E-state index contributed by atoms with van der Waals surface area (Å²) in [6.45, 7) is 0. The molecule has 2 aliphatic rings. The van der Waals surface area contributed by atoms with Gasteiger partial charge in [0, 0.05) is 39.2 Å². The number of rotatable bonds is 0. The quantitative estimate of drug-likeness (QED) is 0.506. The van der Waals surface area contributed by atoms with Crippen molar-refractivity contribution < 1.29 is 4.79 Å². The number of ketones is 1. The van der Waals surface area contributed by atoms with Crippen molar-refractivity contribution in [1.82, 2.24) is 20.3 Å². The zero-order valence-corrected chi connectivity index (χ0v) is 13.4. The van der Waals surface area contributed by atoms with Gasteiger partial charge < -0.3 is 20.3 Å². The summed E-state index contributed by atoms with van der Waals surface area (Å²) in [7, 11) is 0. The third kappa shape index (κ3) is 2.65. The van der Waals surface area contributed by atoms with Crippen molar-refractivity contribution in [2.24, 2.45) is 0 Å². The zero-order valence-electron chi connectivity index (χ0n) is 13.4. The van der Waals surface area contributed by atoms with Gasteiger partial charge in [-0.2, -0.15) is 0 Å². The van der Waals surface area contributed by atoms with E-state index < -0.39 is 0 Å². The largest absolute Gasteiger partial charge is 0.355 e. The SMILES string of the molecule is O=C1CC2=Cc3ccc([nH]3)C=c3ccc([nH]3)=Cc3ccc([nH]3)C=C1N2. The lowest BCUT2D eigenvalue weighted by Crippen LogP contribution is -2.09. The smallest absolute Gasteiger partial charge is 0.184 e. The first-order valence-electron chi connectivity index (χ1n) is 8.20. The summed E-state index contributed by atoms with van der Waals surface area (Å²) in [6, 6.07) is 12.1. The maximum absolute atomic E-state index is 12.3. The second-order valence-electron chi connectivity index (χ2n) is 6.35. The minimum Gasteiger partial charge on any atom is -0.355 e. The number of carbonyl (C=O) groups is 1. The average Bonchev–Trinajstić information content (AvgIpc) is 3.33. The summed E-state index contributed by atoms with van der Waals surface area (Å²) in [5, 5.41) is 5.27. The van der Waals surface area contributed by atoms with Gasteiger partial charge >= 0.3 is 0 Å². The Balaban J connectivity index is 1.71. The topological polar surface area (TPSA) is 76.5 Å². The highest BCUT2D eigenvalue weighted by atomic mass is 16.1. The number of hydrogen-bond acceptors (Lipinski definition) is 2. The Bertz CT molecular complexity index is 1170. The van der Waals surface area contributed by atoms with Gasteiger partial charge in [-0.25, -0.2) is 0 Å². The van der Waals surface area contributed by atoms with Crippen LogP contribution in [0.2, 0.25) is 0 Å². The molecule has 0 aromatic carbocycles. The molecule has 0 aliphatic carbocycles. The molecule has 5 rings (SSSR count). The molecule has 1 fully saturated rings. The molecule has 5 nitrogen and oxygen atoms in total. The van der Waals surface area contributed by atoms with Crippen molar-refractivity contribution in [1.29, 1.82) is 0 Å². The summed E-state index contributed by atoms with van der Waals surface area (Å²) >= 11 is 0. The van der Waals surface area contributed by atoms with Crippen molar-refractivity contribution in [3.63, 3.8) is 0 Å². The Kier molecular flexibility index (Phi) is 2.94. The van der Waals surface area contributed by atoms with Crippen LogP contribution < -0.4 is 16.0 Å². The van der Waals surface area contributed by atoms with E-state index in [2.05, 4.69) is 32.4 Å². The maximum atomic E-state index is 12.3. The van der Waals surface area contributed by atoms with Gasteiger partial charge in [0.2, 0.25) is 0 Å². The van der Waals surface area contributed by atoms with Crippen LogP contribution in [0.5, 0.6) is 0 Å². The van der Waals surface area contributed by atoms with Crippen molar-refractivity contribution in [2.75, 3.05) is 0 Å². The fraction of sp³-hybridized carbons (Fsp3) is 0.0500. The Morgan fingerprint density at radius 3 is 1.84 bits per heavy atom. The van der Waals surface area contributed by atoms with E-state index >= 15 is 0 Å². The lowest BCUT2D eigenvalue weighted by molar-refractivity contribution is -0.114. The van der Waals surface area contributed by atoms with E-state index in [1.165, 1.54) is 0 Å². The second kappa shape index (κ2) is 5.27. The first-order valence-corrected chi connectivity index (χ1v) is 8.20. The van der Waals surface area contributed by atoms with Gasteiger partial charge in [0.15, 0.2) is 5.78 Å². The summed E-state index contributed by atoms with van der Waals surface area (Å²) in [4.78, 5) is 22.3. The van der Waals surface area contributed by atoms with Crippen LogP contribution in [0.4, 0.5) is 0 Å². The first-order chi connectivity index (χ1) is 12.2. The lowest BCUT2D eigenvalue weighted by Gasteiger charge is -1.98.